The summed E-state index contributed by atoms with van der Waals surface area (Å²) in [4.78, 5) is 25.7. The van der Waals surface area contributed by atoms with Gasteiger partial charge in [0.2, 0.25) is 5.91 Å². The van der Waals surface area contributed by atoms with Crippen LogP contribution < -0.4 is 0 Å². The molecule has 0 unspecified atom stereocenters. The van der Waals surface area contributed by atoms with Crippen molar-refractivity contribution in [2.75, 3.05) is 13.7 Å². The van der Waals surface area contributed by atoms with Crippen molar-refractivity contribution < 1.29 is 14.3 Å². The van der Waals surface area contributed by atoms with E-state index in [1.807, 2.05) is 61.5 Å². The normalized spacial score (nSPS) is 10.6. The lowest BCUT2D eigenvalue weighted by Gasteiger charge is -2.21. The predicted molar refractivity (Wildman–Crippen MR) is 98.7 cm³/mol. The minimum Gasteiger partial charge on any atom is -0.469 e. The van der Waals surface area contributed by atoms with E-state index in [1.54, 1.807) is 17.1 Å². The molecule has 0 saturated heterocycles. The molecule has 0 saturated carbocycles. The van der Waals surface area contributed by atoms with E-state index in [9.17, 15) is 9.59 Å². The van der Waals surface area contributed by atoms with Crippen LogP contribution in [0.15, 0.2) is 60.7 Å². The lowest BCUT2D eigenvalue weighted by molar-refractivity contribution is -0.141. The van der Waals surface area contributed by atoms with Crippen LogP contribution in [0, 0.1) is 6.92 Å². The molecule has 0 fully saturated rings. The molecule has 0 aliphatic rings. The number of methoxy groups -OCH3 is 1. The molecule has 4 nitrogen and oxygen atoms in total. The fourth-order valence-electron chi connectivity index (χ4n) is 2.35. The van der Waals surface area contributed by atoms with Crippen LogP contribution in [0.1, 0.15) is 23.1 Å². The number of ether oxygens (including phenoxy) is 1. The third-order valence-electron chi connectivity index (χ3n) is 3.84. The first kappa shape index (κ1) is 18.5. The van der Waals surface area contributed by atoms with Crippen LogP contribution in [0.2, 0.25) is 0 Å². The van der Waals surface area contributed by atoms with Crippen LogP contribution >= 0.6 is 0 Å². The number of carbonyl (C=O) groups excluding carboxylic acids is 2. The van der Waals surface area contributed by atoms with E-state index in [4.69, 9.17) is 0 Å². The van der Waals surface area contributed by atoms with Gasteiger partial charge in [0.15, 0.2) is 0 Å². The molecule has 0 radical (unpaired) electrons. The fourth-order valence-corrected chi connectivity index (χ4v) is 2.35. The van der Waals surface area contributed by atoms with Gasteiger partial charge >= 0.3 is 5.97 Å². The van der Waals surface area contributed by atoms with Gasteiger partial charge in [-0.1, -0.05) is 60.2 Å². The number of aryl methyl sites for hydroxylation is 1. The van der Waals surface area contributed by atoms with Crippen molar-refractivity contribution in [1.82, 2.24) is 4.90 Å². The summed E-state index contributed by atoms with van der Waals surface area (Å²) in [6.07, 6.45) is 3.50. The van der Waals surface area contributed by atoms with Crippen LogP contribution in [-0.4, -0.2) is 30.4 Å². The highest BCUT2D eigenvalue weighted by Crippen LogP contribution is 2.10. The minimum atomic E-state index is -0.325. The summed E-state index contributed by atoms with van der Waals surface area (Å²) in [5, 5.41) is 0. The van der Waals surface area contributed by atoms with Gasteiger partial charge < -0.3 is 9.64 Å². The Morgan fingerprint density at radius 3 is 2.36 bits per heavy atom. The Balaban J connectivity index is 2.08. The third-order valence-corrected chi connectivity index (χ3v) is 3.84. The molecule has 2 rings (SSSR count). The zero-order valence-electron chi connectivity index (χ0n) is 14.6. The van der Waals surface area contributed by atoms with Gasteiger partial charge in [0.1, 0.15) is 0 Å². The molecule has 0 heterocycles. The molecule has 2 aromatic rings. The fraction of sp³-hybridized carbons (Fsp3) is 0.238. The molecule has 25 heavy (non-hydrogen) atoms. The highest BCUT2D eigenvalue weighted by molar-refractivity contribution is 5.92. The van der Waals surface area contributed by atoms with E-state index >= 15 is 0 Å². The molecule has 130 valence electrons. The Bertz CT molecular complexity index is 721. The molecule has 4 heteroatoms. The summed E-state index contributed by atoms with van der Waals surface area (Å²) in [7, 11) is 1.35. The number of carbonyl (C=O) groups is 2. The molecule has 1 amide bonds. The molecule has 0 N–H and O–H groups in total. The SMILES string of the molecule is COC(=O)CCN(Cc1ccc(C)cc1)C(=O)/C=C/c1ccccc1. The maximum absolute atomic E-state index is 12.6. The predicted octanol–water partition coefficient (Wildman–Crippen LogP) is 3.60. The quantitative estimate of drug-likeness (QED) is 0.573. The van der Waals surface area contributed by atoms with Gasteiger partial charge in [0.25, 0.3) is 0 Å². The van der Waals surface area contributed by atoms with E-state index < -0.39 is 0 Å². The molecular weight excluding hydrogens is 314 g/mol. The van der Waals surface area contributed by atoms with Gasteiger partial charge in [0, 0.05) is 19.2 Å². The Morgan fingerprint density at radius 2 is 1.72 bits per heavy atom. The smallest absolute Gasteiger partial charge is 0.307 e. The van der Waals surface area contributed by atoms with Gasteiger partial charge in [0.05, 0.1) is 13.5 Å². The Hall–Kier alpha value is -2.88. The molecule has 0 aliphatic heterocycles. The zero-order valence-corrected chi connectivity index (χ0v) is 14.6. The highest BCUT2D eigenvalue weighted by Gasteiger charge is 2.13. The standard InChI is InChI=1S/C21H23NO3/c1-17-8-10-19(11-9-17)16-22(15-14-21(24)25-2)20(23)13-12-18-6-4-3-5-7-18/h3-13H,14-16H2,1-2H3/b13-12+. The number of benzene rings is 2. The van der Waals surface area contributed by atoms with Crippen molar-refractivity contribution in [3.8, 4) is 0 Å². The van der Waals surface area contributed by atoms with Crippen molar-refractivity contribution in [3.05, 3.63) is 77.4 Å². The van der Waals surface area contributed by atoms with Crippen molar-refractivity contribution in [3.63, 3.8) is 0 Å². The maximum atomic E-state index is 12.6. The average molecular weight is 337 g/mol. The Kier molecular flexibility index (Phi) is 6.96. The number of hydrogen-bond donors (Lipinski definition) is 0. The average Bonchev–Trinajstić information content (AvgIpc) is 2.65. The van der Waals surface area contributed by atoms with Crippen molar-refractivity contribution in [2.45, 2.75) is 19.9 Å². The monoisotopic (exact) mass is 337 g/mol. The lowest BCUT2D eigenvalue weighted by atomic mass is 10.1. The Labute approximate surface area is 148 Å². The second-order valence-electron chi connectivity index (χ2n) is 5.82. The first-order valence-corrected chi connectivity index (χ1v) is 8.23. The summed E-state index contributed by atoms with van der Waals surface area (Å²) in [6, 6.07) is 17.7. The zero-order chi connectivity index (χ0) is 18.1. The summed E-state index contributed by atoms with van der Waals surface area (Å²) >= 11 is 0. The number of rotatable bonds is 7. The van der Waals surface area contributed by atoms with E-state index in [0.29, 0.717) is 13.1 Å². The van der Waals surface area contributed by atoms with E-state index in [0.717, 1.165) is 11.1 Å². The van der Waals surface area contributed by atoms with Crippen molar-refractivity contribution in [2.24, 2.45) is 0 Å². The highest BCUT2D eigenvalue weighted by atomic mass is 16.5. The first-order chi connectivity index (χ1) is 12.1. The van der Waals surface area contributed by atoms with Crippen molar-refractivity contribution in [1.29, 1.82) is 0 Å². The van der Waals surface area contributed by atoms with E-state index in [1.165, 1.54) is 12.7 Å². The number of esters is 1. The number of nitrogens with zero attached hydrogens (tertiary/aromatic N) is 1. The van der Waals surface area contributed by atoms with Crippen LogP contribution in [0.4, 0.5) is 0 Å². The molecular formula is C21H23NO3. The van der Waals surface area contributed by atoms with Gasteiger partial charge in [-0.05, 0) is 24.1 Å². The largest absolute Gasteiger partial charge is 0.469 e. The van der Waals surface area contributed by atoms with Crippen molar-refractivity contribution >= 4 is 18.0 Å². The summed E-state index contributed by atoms with van der Waals surface area (Å²) in [5.74, 6) is -0.456. The molecule has 0 atom stereocenters. The van der Waals surface area contributed by atoms with Gasteiger partial charge in [-0.25, -0.2) is 0 Å². The van der Waals surface area contributed by atoms with Crippen LogP contribution in [-0.2, 0) is 20.9 Å². The second-order valence-corrected chi connectivity index (χ2v) is 5.82. The van der Waals surface area contributed by atoms with Crippen LogP contribution in [0.5, 0.6) is 0 Å². The van der Waals surface area contributed by atoms with Gasteiger partial charge in [-0.15, -0.1) is 0 Å². The summed E-state index contributed by atoms with van der Waals surface area (Å²) in [5.41, 5.74) is 3.15. The topological polar surface area (TPSA) is 46.6 Å². The molecule has 2 aromatic carbocycles. The molecule has 0 aromatic heterocycles. The van der Waals surface area contributed by atoms with Crippen LogP contribution in [0.3, 0.4) is 0 Å². The van der Waals surface area contributed by atoms with E-state index in [2.05, 4.69) is 4.74 Å². The summed E-state index contributed by atoms with van der Waals surface area (Å²) < 4.78 is 4.68. The number of hydrogen-bond acceptors (Lipinski definition) is 3. The van der Waals surface area contributed by atoms with Crippen LogP contribution in [0.25, 0.3) is 6.08 Å². The van der Waals surface area contributed by atoms with E-state index in [-0.39, 0.29) is 18.3 Å². The Morgan fingerprint density at radius 1 is 1.04 bits per heavy atom. The third kappa shape index (κ3) is 6.26. The molecule has 0 aliphatic carbocycles. The second kappa shape index (κ2) is 9.42. The minimum absolute atomic E-state index is 0.131. The van der Waals surface area contributed by atoms with Gasteiger partial charge in [-0.3, -0.25) is 9.59 Å². The van der Waals surface area contributed by atoms with Gasteiger partial charge in [-0.2, -0.15) is 0 Å². The first-order valence-electron chi connectivity index (χ1n) is 8.23. The lowest BCUT2D eigenvalue weighted by Crippen LogP contribution is -2.31. The maximum Gasteiger partial charge on any atom is 0.307 e. The number of amides is 1. The molecule has 0 bridgehead atoms. The molecule has 0 spiro atoms. The summed E-state index contributed by atoms with van der Waals surface area (Å²) in [6.45, 7) is 2.79.